The van der Waals surface area contributed by atoms with E-state index in [2.05, 4.69) is 30.3 Å². The molecule has 0 radical (unpaired) electrons. The number of carboxylic acids is 1. The Hall–Kier alpha value is -1.32. The van der Waals surface area contributed by atoms with Gasteiger partial charge in [-0.15, -0.1) is 0 Å². The van der Waals surface area contributed by atoms with Crippen LogP contribution < -0.4 is 0 Å². The highest BCUT2D eigenvalue weighted by molar-refractivity contribution is 5.66. The number of fused-ring (bicyclic) bond motifs is 1. The van der Waals surface area contributed by atoms with Gasteiger partial charge in [0.2, 0.25) is 0 Å². The standard InChI is InChI=1S/C13H20N2O2/c1-13(2,3)12-9-5-4-8-15(9)10(14-12)6-7-11(16)17/h4-8H2,1-3H3,(H,16,17). The van der Waals surface area contributed by atoms with Gasteiger partial charge in [-0.2, -0.15) is 0 Å². The fourth-order valence-electron chi connectivity index (χ4n) is 2.47. The average molecular weight is 236 g/mol. The van der Waals surface area contributed by atoms with Gasteiger partial charge in [-0.3, -0.25) is 4.79 Å². The van der Waals surface area contributed by atoms with Gasteiger partial charge in [-0.05, 0) is 12.8 Å². The third kappa shape index (κ3) is 2.35. The molecule has 1 N–H and O–H groups in total. The summed E-state index contributed by atoms with van der Waals surface area (Å²) in [7, 11) is 0. The van der Waals surface area contributed by atoms with Crippen LogP contribution in [0.25, 0.3) is 0 Å². The molecule has 0 bridgehead atoms. The van der Waals surface area contributed by atoms with E-state index in [0.717, 1.165) is 30.9 Å². The number of carbonyl (C=O) groups is 1. The van der Waals surface area contributed by atoms with E-state index in [1.54, 1.807) is 0 Å². The summed E-state index contributed by atoms with van der Waals surface area (Å²) in [4.78, 5) is 15.3. The monoisotopic (exact) mass is 236 g/mol. The molecule has 0 aromatic carbocycles. The summed E-state index contributed by atoms with van der Waals surface area (Å²) < 4.78 is 2.23. The summed E-state index contributed by atoms with van der Waals surface area (Å²) in [5.74, 6) is 0.197. The molecule has 0 aliphatic carbocycles. The van der Waals surface area contributed by atoms with E-state index in [1.165, 1.54) is 5.69 Å². The Balaban J connectivity index is 2.32. The van der Waals surface area contributed by atoms with Gasteiger partial charge in [0.15, 0.2) is 0 Å². The molecule has 4 heteroatoms. The molecule has 2 heterocycles. The molecule has 0 amide bonds. The van der Waals surface area contributed by atoms with Gasteiger partial charge in [-0.25, -0.2) is 4.98 Å². The topological polar surface area (TPSA) is 55.1 Å². The second-order valence-electron chi connectivity index (χ2n) is 5.72. The lowest BCUT2D eigenvalue weighted by Gasteiger charge is -2.16. The Morgan fingerprint density at radius 3 is 2.76 bits per heavy atom. The van der Waals surface area contributed by atoms with Crippen molar-refractivity contribution in [1.29, 1.82) is 0 Å². The molecule has 0 saturated carbocycles. The first-order chi connectivity index (χ1) is 7.89. The number of aliphatic carboxylic acids is 1. The highest BCUT2D eigenvalue weighted by atomic mass is 16.4. The lowest BCUT2D eigenvalue weighted by atomic mass is 9.90. The van der Waals surface area contributed by atoms with Gasteiger partial charge >= 0.3 is 5.97 Å². The van der Waals surface area contributed by atoms with Crippen molar-refractivity contribution in [3.63, 3.8) is 0 Å². The second kappa shape index (κ2) is 4.17. The molecular weight excluding hydrogens is 216 g/mol. The number of hydrogen-bond acceptors (Lipinski definition) is 2. The minimum absolute atomic E-state index is 0.0445. The number of carboxylic acid groups (broad SMARTS) is 1. The van der Waals surface area contributed by atoms with Crippen LogP contribution in [0.3, 0.4) is 0 Å². The molecule has 4 nitrogen and oxygen atoms in total. The summed E-state index contributed by atoms with van der Waals surface area (Å²) in [6.07, 6.45) is 2.94. The first-order valence-corrected chi connectivity index (χ1v) is 6.20. The van der Waals surface area contributed by atoms with E-state index in [4.69, 9.17) is 5.11 Å². The maximum atomic E-state index is 10.6. The fourth-order valence-corrected chi connectivity index (χ4v) is 2.47. The van der Waals surface area contributed by atoms with Crippen molar-refractivity contribution < 1.29 is 9.90 Å². The average Bonchev–Trinajstić information content (AvgIpc) is 2.72. The van der Waals surface area contributed by atoms with Crippen LogP contribution in [0.5, 0.6) is 0 Å². The van der Waals surface area contributed by atoms with Gasteiger partial charge < -0.3 is 9.67 Å². The van der Waals surface area contributed by atoms with Crippen LogP contribution in [0.1, 0.15) is 50.8 Å². The van der Waals surface area contributed by atoms with E-state index >= 15 is 0 Å². The molecule has 1 aromatic heterocycles. The lowest BCUT2D eigenvalue weighted by Crippen LogP contribution is -2.14. The van der Waals surface area contributed by atoms with Crippen molar-refractivity contribution in [2.24, 2.45) is 0 Å². The largest absolute Gasteiger partial charge is 0.481 e. The van der Waals surface area contributed by atoms with Crippen molar-refractivity contribution in [3.05, 3.63) is 17.2 Å². The summed E-state index contributed by atoms with van der Waals surface area (Å²) in [6, 6.07) is 0. The van der Waals surface area contributed by atoms with Gasteiger partial charge in [0.25, 0.3) is 0 Å². The first kappa shape index (κ1) is 12.1. The summed E-state index contributed by atoms with van der Waals surface area (Å²) in [5.41, 5.74) is 2.51. The number of aryl methyl sites for hydroxylation is 1. The predicted molar refractivity (Wildman–Crippen MR) is 65.2 cm³/mol. The maximum Gasteiger partial charge on any atom is 0.303 e. The Morgan fingerprint density at radius 2 is 2.18 bits per heavy atom. The number of imidazole rings is 1. The minimum atomic E-state index is -0.752. The molecule has 0 fully saturated rings. The molecule has 2 rings (SSSR count). The smallest absolute Gasteiger partial charge is 0.303 e. The van der Waals surface area contributed by atoms with Crippen LogP contribution in [0.15, 0.2) is 0 Å². The first-order valence-electron chi connectivity index (χ1n) is 6.20. The van der Waals surface area contributed by atoms with Crippen LogP contribution in [-0.2, 0) is 29.6 Å². The summed E-state index contributed by atoms with van der Waals surface area (Å²) in [5, 5.41) is 8.75. The highest BCUT2D eigenvalue weighted by Crippen LogP contribution is 2.30. The zero-order valence-corrected chi connectivity index (χ0v) is 10.8. The van der Waals surface area contributed by atoms with Gasteiger partial charge in [0, 0.05) is 24.1 Å². The Labute approximate surface area is 102 Å². The molecule has 1 aliphatic heterocycles. The predicted octanol–water partition coefficient (Wildman–Crippen LogP) is 2.14. The number of nitrogens with zero attached hydrogens (tertiary/aromatic N) is 2. The van der Waals surface area contributed by atoms with E-state index in [1.807, 2.05) is 0 Å². The third-order valence-electron chi connectivity index (χ3n) is 3.22. The number of hydrogen-bond donors (Lipinski definition) is 1. The molecule has 1 aromatic rings. The van der Waals surface area contributed by atoms with E-state index in [-0.39, 0.29) is 11.8 Å². The molecule has 0 spiro atoms. The Kier molecular flexibility index (Phi) is 2.98. The van der Waals surface area contributed by atoms with Gasteiger partial charge in [0.05, 0.1) is 12.1 Å². The molecule has 94 valence electrons. The molecule has 0 atom stereocenters. The van der Waals surface area contributed by atoms with Crippen LogP contribution >= 0.6 is 0 Å². The van der Waals surface area contributed by atoms with Gasteiger partial charge in [-0.1, -0.05) is 20.8 Å². The highest BCUT2D eigenvalue weighted by Gasteiger charge is 2.28. The zero-order chi connectivity index (χ0) is 12.6. The maximum absolute atomic E-state index is 10.6. The van der Waals surface area contributed by atoms with Crippen molar-refractivity contribution >= 4 is 5.97 Å². The fraction of sp³-hybridized carbons (Fsp3) is 0.692. The Morgan fingerprint density at radius 1 is 1.47 bits per heavy atom. The van der Waals surface area contributed by atoms with Crippen molar-refractivity contribution in [3.8, 4) is 0 Å². The quantitative estimate of drug-likeness (QED) is 0.874. The zero-order valence-electron chi connectivity index (χ0n) is 10.8. The third-order valence-corrected chi connectivity index (χ3v) is 3.22. The van der Waals surface area contributed by atoms with Gasteiger partial charge in [0.1, 0.15) is 5.82 Å². The summed E-state index contributed by atoms with van der Waals surface area (Å²) in [6.45, 7) is 7.48. The number of rotatable bonds is 3. The van der Waals surface area contributed by atoms with Crippen molar-refractivity contribution in [2.75, 3.05) is 0 Å². The van der Waals surface area contributed by atoms with E-state index in [0.29, 0.717) is 6.42 Å². The van der Waals surface area contributed by atoms with Crippen molar-refractivity contribution in [1.82, 2.24) is 9.55 Å². The number of aromatic nitrogens is 2. The molecule has 17 heavy (non-hydrogen) atoms. The minimum Gasteiger partial charge on any atom is -0.481 e. The summed E-state index contributed by atoms with van der Waals surface area (Å²) >= 11 is 0. The van der Waals surface area contributed by atoms with E-state index < -0.39 is 5.97 Å². The molecule has 1 aliphatic rings. The van der Waals surface area contributed by atoms with E-state index in [9.17, 15) is 4.79 Å². The second-order valence-corrected chi connectivity index (χ2v) is 5.72. The van der Waals surface area contributed by atoms with Crippen LogP contribution in [0, 0.1) is 0 Å². The van der Waals surface area contributed by atoms with Crippen molar-refractivity contribution in [2.45, 2.75) is 58.4 Å². The van der Waals surface area contributed by atoms with Crippen LogP contribution in [0.2, 0.25) is 0 Å². The SMILES string of the molecule is CC(C)(C)c1nc(CCC(=O)O)n2c1CCC2. The van der Waals surface area contributed by atoms with Crippen LogP contribution in [0.4, 0.5) is 0 Å². The lowest BCUT2D eigenvalue weighted by molar-refractivity contribution is -0.137. The molecule has 0 saturated heterocycles. The van der Waals surface area contributed by atoms with Crippen LogP contribution in [-0.4, -0.2) is 20.6 Å². The molecule has 0 unspecified atom stereocenters. The Bertz CT molecular complexity index is 441. The molecular formula is C13H20N2O2. The normalized spacial score (nSPS) is 15.0.